The summed E-state index contributed by atoms with van der Waals surface area (Å²) in [5, 5.41) is 0. The fraction of sp³-hybridized carbons (Fsp3) is 0.417. The van der Waals surface area contributed by atoms with Crippen molar-refractivity contribution in [3.8, 4) is 0 Å². The molecule has 0 atom stereocenters. The summed E-state index contributed by atoms with van der Waals surface area (Å²) >= 11 is 0. The lowest BCUT2D eigenvalue weighted by molar-refractivity contribution is 0.443. The predicted molar refractivity (Wildman–Crippen MR) is 57.9 cm³/mol. The van der Waals surface area contributed by atoms with E-state index < -0.39 is 0 Å². The molecular formula is C12H14N2. The van der Waals surface area contributed by atoms with Crippen molar-refractivity contribution < 1.29 is 0 Å². The van der Waals surface area contributed by atoms with Gasteiger partial charge in [-0.2, -0.15) is 0 Å². The first kappa shape index (κ1) is 8.04. The SMILES string of the molecule is Cc1ccc2c(c1)N=C1CCCN1C2. The molecule has 72 valence electrons. The quantitative estimate of drug-likeness (QED) is 0.608. The molecule has 0 saturated carbocycles. The number of benzene rings is 1. The van der Waals surface area contributed by atoms with Crippen molar-refractivity contribution in [3.05, 3.63) is 29.3 Å². The van der Waals surface area contributed by atoms with Crippen molar-refractivity contribution in [2.24, 2.45) is 4.99 Å². The fourth-order valence-corrected chi connectivity index (χ4v) is 2.27. The van der Waals surface area contributed by atoms with E-state index in [-0.39, 0.29) is 0 Å². The number of hydrogen-bond donors (Lipinski definition) is 0. The van der Waals surface area contributed by atoms with Crippen LogP contribution in [-0.4, -0.2) is 17.3 Å². The largest absolute Gasteiger partial charge is 0.356 e. The van der Waals surface area contributed by atoms with E-state index in [4.69, 9.17) is 4.99 Å². The molecule has 0 aromatic heterocycles. The zero-order valence-corrected chi connectivity index (χ0v) is 8.45. The van der Waals surface area contributed by atoms with Gasteiger partial charge in [0.15, 0.2) is 0 Å². The van der Waals surface area contributed by atoms with E-state index in [9.17, 15) is 0 Å². The molecule has 2 aliphatic heterocycles. The van der Waals surface area contributed by atoms with E-state index in [1.54, 1.807) is 0 Å². The van der Waals surface area contributed by atoms with Crippen LogP contribution < -0.4 is 0 Å². The molecule has 0 amide bonds. The molecule has 2 aliphatic rings. The van der Waals surface area contributed by atoms with Gasteiger partial charge in [0, 0.05) is 19.5 Å². The third-order valence-electron chi connectivity index (χ3n) is 3.04. The summed E-state index contributed by atoms with van der Waals surface area (Å²) in [4.78, 5) is 7.11. The van der Waals surface area contributed by atoms with E-state index in [0.717, 1.165) is 13.0 Å². The second-order valence-electron chi connectivity index (χ2n) is 4.19. The molecule has 1 aromatic carbocycles. The van der Waals surface area contributed by atoms with Gasteiger partial charge in [0.2, 0.25) is 0 Å². The molecule has 3 rings (SSSR count). The number of hydrogen-bond acceptors (Lipinski definition) is 2. The minimum Gasteiger partial charge on any atom is -0.356 e. The van der Waals surface area contributed by atoms with Crippen LogP contribution in [-0.2, 0) is 6.54 Å². The van der Waals surface area contributed by atoms with Crippen LogP contribution in [0.3, 0.4) is 0 Å². The highest BCUT2D eigenvalue weighted by molar-refractivity contribution is 5.88. The molecule has 0 spiro atoms. The molecule has 0 aliphatic carbocycles. The average Bonchev–Trinajstić information content (AvgIpc) is 2.61. The summed E-state index contributed by atoms with van der Waals surface area (Å²) in [6.07, 6.45) is 2.43. The molecule has 14 heavy (non-hydrogen) atoms. The van der Waals surface area contributed by atoms with Gasteiger partial charge in [0.1, 0.15) is 5.84 Å². The van der Waals surface area contributed by atoms with Gasteiger partial charge >= 0.3 is 0 Å². The molecule has 2 heterocycles. The van der Waals surface area contributed by atoms with E-state index >= 15 is 0 Å². The van der Waals surface area contributed by atoms with Crippen LogP contribution in [0.15, 0.2) is 23.2 Å². The topological polar surface area (TPSA) is 15.6 Å². The molecule has 1 fully saturated rings. The van der Waals surface area contributed by atoms with Gasteiger partial charge in [0.25, 0.3) is 0 Å². The maximum absolute atomic E-state index is 4.71. The molecule has 2 heteroatoms. The van der Waals surface area contributed by atoms with Gasteiger partial charge in [-0.15, -0.1) is 0 Å². The number of aliphatic imine (C=N–C) groups is 1. The maximum atomic E-state index is 4.71. The first-order chi connectivity index (χ1) is 6.83. The highest BCUT2D eigenvalue weighted by Gasteiger charge is 2.23. The Balaban J connectivity index is 2.09. The highest BCUT2D eigenvalue weighted by Crippen LogP contribution is 2.30. The molecule has 0 N–H and O–H groups in total. The smallest absolute Gasteiger partial charge is 0.105 e. The molecule has 2 nitrogen and oxygen atoms in total. The van der Waals surface area contributed by atoms with Crippen LogP contribution in [0.25, 0.3) is 0 Å². The van der Waals surface area contributed by atoms with Crippen LogP contribution in [0.2, 0.25) is 0 Å². The number of rotatable bonds is 0. The molecule has 0 bridgehead atoms. The Labute approximate surface area is 84.3 Å². The number of nitrogens with zero attached hydrogens (tertiary/aromatic N) is 2. The van der Waals surface area contributed by atoms with Crippen LogP contribution in [0.5, 0.6) is 0 Å². The molecule has 0 radical (unpaired) electrons. The van der Waals surface area contributed by atoms with Crippen LogP contribution >= 0.6 is 0 Å². The van der Waals surface area contributed by atoms with Gasteiger partial charge in [-0.25, -0.2) is 4.99 Å². The van der Waals surface area contributed by atoms with Crippen molar-refractivity contribution in [1.82, 2.24) is 4.90 Å². The summed E-state index contributed by atoms with van der Waals surface area (Å²) in [6, 6.07) is 6.58. The summed E-state index contributed by atoms with van der Waals surface area (Å²) in [7, 11) is 0. The normalized spacial score (nSPS) is 18.9. The van der Waals surface area contributed by atoms with E-state index in [0.29, 0.717) is 0 Å². The lowest BCUT2D eigenvalue weighted by Crippen LogP contribution is -2.26. The first-order valence-electron chi connectivity index (χ1n) is 5.25. The summed E-state index contributed by atoms with van der Waals surface area (Å²) in [5.41, 5.74) is 3.87. The van der Waals surface area contributed by atoms with Gasteiger partial charge in [0.05, 0.1) is 5.69 Å². The summed E-state index contributed by atoms with van der Waals surface area (Å²) in [6.45, 7) is 4.38. The molecule has 1 saturated heterocycles. The van der Waals surface area contributed by atoms with Crippen molar-refractivity contribution in [1.29, 1.82) is 0 Å². The molecule has 1 aromatic rings. The minimum absolute atomic E-state index is 1.06. The number of aryl methyl sites for hydroxylation is 1. The van der Waals surface area contributed by atoms with E-state index in [1.807, 2.05) is 0 Å². The molecular weight excluding hydrogens is 172 g/mol. The fourth-order valence-electron chi connectivity index (χ4n) is 2.27. The van der Waals surface area contributed by atoms with Crippen molar-refractivity contribution in [3.63, 3.8) is 0 Å². The maximum Gasteiger partial charge on any atom is 0.105 e. The third-order valence-corrected chi connectivity index (χ3v) is 3.04. The predicted octanol–water partition coefficient (Wildman–Crippen LogP) is 2.63. The van der Waals surface area contributed by atoms with Crippen molar-refractivity contribution in [2.75, 3.05) is 6.54 Å². The Hall–Kier alpha value is -1.31. The second-order valence-corrected chi connectivity index (χ2v) is 4.19. The van der Waals surface area contributed by atoms with Crippen molar-refractivity contribution >= 4 is 11.5 Å². The Kier molecular flexibility index (Phi) is 1.63. The number of fused-ring (bicyclic) bond motifs is 2. The monoisotopic (exact) mass is 186 g/mol. The van der Waals surface area contributed by atoms with E-state index in [2.05, 4.69) is 30.0 Å². The van der Waals surface area contributed by atoms with Gasteiger partial charge < -0.3 is 4.90 Å². The average molecular weight is 186 g/mol. The van der Waals surface area contributed by atoms with Crippen molar-refractivity contribution in [2.45, 2.75) is 26.3 Å². The number of amidine groups is 1. The Morgan fingerprint density at radius 1 is 1.36 bits per heavy atom. The van der Waals surface area contributed by atoms with Crippen LogP contribution in [0.1, 0.15) is 24.0 Å². The van der Waals surface area contributed by atoms with Gasteiger partial charge in [-0.3, -0.25) is 0 Å². The zero-order valence-electron chi connectivity index (χ0n) is 8.45. The lowest BCUT2D eigenvalue weighted by atomic mass is 10.1. The molecule has 0 unspecified atom stereocenters. The van der Waals surface area contributed by atoms with Gasteiger partial charge in [-0.1, -0.05) is 12.1 Å². The first-order valence-corrected chi connectivity index (χ1v) is 5.25. The zero-order chi connectivity index (χ0) is 9.54. The Morgan fingerprint density at radius 2 is 2.29 bits per heavy atom. The Bertz CT molecular complexity index is 407. The minimum atomic E-state index is 1.06. The summed E-state index contributed by atoms with van der Waals surface area (Å²) in [5.74, 6) is 1.29. The summed E-state index contributed by atoms with van der Waals surface area (Å²) < 4.78 is 0. The second kappa shape index (κ2) is 2.84. The Morgan fingerprint density at radius 3 is 3.21 bits per heavy atom. The third kappa shape index (κ3) is 1.14. The van der Waals surface area contributed by atoms with Crippen LogP contribution in [0.4, 0.5) is 5.69 Å². The standard InChI is InChI=1S/C12H14N2/c1-9-4-5-10-8-14-6-2-3-12(14)13-11(10)7-9/h4-5,7H,2-3,6,8H2,1H3. The lowest BCUT2D eigenvalue weighted by Gasteiger charge is -2.24. The van der Waals surface area contributed by atoms with Crippen LogP contribution in [0, 0.1) is 6.92 Å². The van der Waals surface area contributed by atoms with Gasteiger partial charge in [-0.05, 0) is 30.5 Å². The highest BCUT2D eigenvalue weighted by atomic mass is 15.2. The van der Waals surface area contributed by atoms with E-state index in [1.165, 1.54) is 35.6 Å².